The van der Waals surface area contributed by atoms with Gasteiger partial charge in [-0.15, -0.1) is 10.2 Å². The Bertz CT molecular complexity index is 1210. The number of pyridine rings is 1. The number of benzene rings is 1. The Labute approximate surface area is 209 Å². The van der Waals surface area contributed by atoms with Crippen molar-refractivity contribution in [2.45, 2.75) is 51.7 Å². The van der Waals surface area contributed by atoms with E-state index in [1.165, 1.54) is 0 Å². The van der Waals surface area contributed by atoms with Gasteiger partial charge < -0.3 is 20.5 Å². The predicted molar refractivity (Wildman–Crippen MR) is 131 cm³/mol. The number of hydrogen-bond donors (Lipinski definition) is 3. The number of carbonyl (C=O) groups is 2. The van der Waals surface area contributed by atoms with Crippen molar-refractivity contribution in [1.29, 1.82) is 0 Å². The molecular formula is C25H31N7O4. The van der Waals surface area contributed by atoms with E-state index in [0.29, 0.717) is 36.1 Å². The molecule has 2 amide bonds. The molecule has 4 rings (SSSR count). The zero-order valence-electron chi connectivity index (χ0n) is 20.5. The maximum Gasteiger partial charge on any atom is 0.270 e. The fourth-order valence-corrected chi connectivity index (χ4v) is 4.50. The molecule has 190 valence electrons. The Morgan fingerprint density at radius 3 is 2.89 bits per heavy atom. The molecule has 3 N–H and O–H groups in total. The second-order valence-electron chi connectivity index (χ2n) is 9.04. The quantitative estimate of drug-likeness (QED) is 0.408. The van der Waals surface area contributed by atoms with Crippen LogP contribution in [0.5, 0.6) is 5.75 Å². The summed E-state index contributed by atoms with van der Waals surface area (Å²) in [6.45, 7) is 2.24. The topological polar surface area (TPSA) is 144 Å². The lowest BCUT2D eigenvalue weighted by Crippen LogP contribution is -2.40. The zero-order valence-corrected chi connectivity index (χ0v) is 20.5. The summed E-state index contributed by atoms with van der Waals surface area (Å²) in [4.78, 5) is 30.2. The van der Waals surface area contributed by atoms with Crippen LogP contribution in [0.3, 0.4) is 0 Å². The van der Waals surface area contributed by atoms with E-state index in [1.54, 1.807) is 18.0 Å². The summed E-state index contributed by atoms with van der Waals surface area (Å²) >= 11 is 0. The maximum absolute atomic E-state index is 12.8. The van der Waals surface area contributed by atoms with Crippen molar-refractivity contribution in [3.8, 4) is 17.1 Å². The molecule has 36 heavy (non-hydrogen) atoms. The third-order valence-corrected chi connectivity index (χ3v) is 6.20. The highest BCUT2D eigenvalue weighted by Crippen LogP contribution is 2.26. The highest BCUT2D eigenvalue weighted by Gasteiger charge is 2.24. The Hall–Kier alpha value is -3.86. The van der Waals surface area contributed by atoms with Gasteiger partial charge in [-0.2, -0.15) is 4.80 Å². The summed E-state index contributed by atoms with van der Waals surface area (Å²) in [5, 5.41) is 27.6. The molecule has 0 bridgehead atoms. The number of amides is 2. The standard InChI is InChI=1S/C25H31N7O4/c1-16-9-19(12-22(27-16)25(35)26-13-17-5-4-8-21(11-17)36-2)24-29-31-32(30-24)14-18-6-3-7-20(10-18)28-23(34)15-33/h4-5,8-9,11-12,18,20,33H,3,6-7,10,13-15H2,1-2H3,(H,26,35)(H,28,34)/t18-,20+/m0/s1. The number of rotatable bonds is 9. The van der Waals surface area contributed by atoms with Crippen molar-refractivity contribution in [2.24, 2.45) is 5.92 Å². The van der Waals surface area contributed by atoms with Crippen molar-refractivity contribution in [3.63, 3.8) is 0 Å². The van der Waals surface area contributed by atoms with E-state index in [1.807, 2.05) is 37.3 Å². The SMILES string of the molecule is COc1cccc(CNC(=O)c2cc(-c3nnn(C[C@H]4CCC[C@@H](NC(=O)CO)C4)n3)cc(C)n2)c1. The molecule has 1 aliphatic carbocycles. The van der Waals surface area contributed by atoms with Gasteiger partial charge in [-0.25, -0.2) is 4.98 Å². The van der Waals surface area contributed by atoms with Crippen LogP contribution in [0.15, 0.2) is 36.4 Å². The molecule has 0 aliphatic heterocycles. The molecule has 2 aromatic heterocycles. The van der Waals surface area contributed by atoms with Crippen LogP contribution < -0.4 is 15.4 Å². The first-order valence-corrected chi connectivity index (χ1v) is 12.0. The molecule has 1 saturated carbocycles. The Balaban J connectivity index is 1.40. The summed E-state index contributed by atoms with van der Waals surface area (Å²) in [7, 11) is 1.60. The second kappa shape index (κ2) is 11.7. The van der Waals surface area contributed by atoms with Crippen molar-refractivity contribution < 1.29 is 19.4 Å². The smallest absolute Gasteiger partial charge is 0.270 e. The summed E-state index contributed by atoms with van der Waals surface area (Å²) in [5.41, 5.74) is 2.53. The van der Waals surface area contributed by atoms with Gasteiger partial charge in [-0.05, 0) is 67.1 Å². The van der Waals surface area contributed by atoms with Crippen LogP contribution in [0, 0.1) is 12.8 Å². The van der Waals surface area contributed by atoms with E-state index in [-0.39, 0.29) is 23.6 Å². The summed E-state index contributed by atoms with van der Waals surface area (Å²) < 4.78 is 5.23. The number of aliphatic hydroxyl groups excluding tert-OH is 1. The van der Waals surface area contributed by atoms with Gasteiger partial charge in [0.05, 0.1) is 13.7 Å². The number of aliphatic hydroxyl groups is 1. The lowest BCUT2D eigenvalue weighted by Gasteiger charge is -2.29. The monoisotopic (exact) mass is 493 g/mol. The molecule has 0 radical (unpaired) electrons. The second-order valence-corrected chi connectivity index (χ2v) is 9.04. The third-order valence-electron chi connectivity index (χ3n) is 6.20. The van der Waals surface area contributed by atoms with Crippen LogP contribution in [0.4, 0.5) is 0 Å². The van der Waals surface area contributed by atoms with E-state index < -0.39 is 6.61 Å². The first-order valence-electron chi connectivity index (χ1n) is 12.0. The van der Waals surface area contributed by atoms with Gasteiger partial charge in [0.2, 0.25) is 11.7 Å². The molecular weight excluding hydrogens is 462 g/mol. The number of carbonyl (C=O) groups excluding carboxylic acids is 2. The van der Waals surface area contributed by atoms with Crippen LogP contribution in [0.2, 0.25) is 0 Å². The maximum atomic E-state index is 12.8. The van der Waals surface area contributed by atoms with E-state index in [4.69, 9.17) is 9.84 Å². The van der Waals surface area contributed by atoms with Crippen LogP contribution in [0.1, 0.15) is 47.4 Å². The number of aryl methyl sites for hydroxylation is 1. The number of ether oxygens (including phenoxy) is 1. The van der Waals surface area contributed by atoms with Crippen LogP contribution in [0.25, 0.3) is 11.4 Å². The summed E-state index contributed by atoms with van der Waals surface area (Å²) in [6, 6.07) is 11.0. The summed E-state index contributed by atoms with van der Waals surface area (Å²) in [6.07, 6.45) is 3.69. The summed E-state index contributed by atoms with van der Waals surface area (Å²) in [5.74, 6) is 0.794. The average molecular weight is 494 g/mol. The molecule has 0 spiro atoms. The molecule has 0 saturated heterocycles. The molecule has 1 aliphatic rings. The Kier molecular flexibility index (Phi) is 8.21. The van der Waals surface area contributed by atoms with E-state index in [9.17, 15) is 9.59 Å². The minimum atomic E-state index is -0.498. The van der Waals surface area contributed by atoms with Crippen LogP contribution in [-0.4, -0.2) is 61.9 Å². The fourth-order valence-electron chi connectivity index (χ4n) is 4.50. The molecule has 1 aromatic carbocycles. The molecule has 0 unspecified atom stereocenters. The lowest BCUT2D eigenvalue weighted by molar-refractivity contribution is -0.124. The van der Waals surface area contributed by atoms with Gasteiger partial charge >= 0.3 is 0 Å². The number of aromatic nitrogens is 5. The highest BCUT2D eigenvalue weighted by molar-refractivity contribution is 5.93. The van der Waals surface area contributed by atoms with Gasteiger partial charge in [0.1, 0.15) is 18.1 Å². The minimum absolute atomic E-state index is 0.0484. The molecule has 11 heteroatoms. The minimum Gasteiger partial charge on any atom is -0.497 e. The van der Waals surface area contributed by atoms with Crippen molar-refractivity contribution in [3.05, 3.63) is 53.3 Å². The molecule has 2 heterocycles. The first-order chi connectivity index (χ1) is 17.4. The predicted octanol–water partition coefficient (Wildman–Crippen LogP) is 1.65. The Morgan fingerprint density at radius 1 is 1.22 bits per heavy atom. The lowest BCUT2D eigenvalue weighted by atomic mass is 9.85. The van der Waals surface area contributed by atoms with Gasteiger partial charge in [0.15, 0.2) is 0 Å². The first kappa shape index (κ1) is 25.2. The average Bonchev–Trinajstić information content (AvgIpc) is 3.35. The molecule has 3 aromatic rings. The van der Waals surface area contributed by atoms with Gasteiger partial charge in [-0.1, -0.05) is 18.6 Å². The van der Waals surface area contributed by atoms with Gasteiger partial charge in [0, 0.05) is 23.8 Å². The van der Waals surface area contributed by atoms with Crippen LogP contribution >= 0.6 is 0 Å². The van der Waals surface area contributed by atoms with Crippen molar-refractivity contribution in [2.75, 3.05) is 13.7 Å². The number of methoxy groups -OCH3 is 1. The number of tetrazole rings is 1. The number of hydrogen-bond acceptors (Lipinski definition) is 8. The third kappa shape index (κ3) is 6.63. The van der Waals surface area contributed by atoms with Gasteiger partial charge in [0.25, 0.3) is 5.91 Å². The highest BCUT2D eigenvalue weighted by atomic mass is 16.5. The van der Waals surface area contributed by atoms with E-state index in [0.717, 1.165) is 37.0 Å². The van der Waals surface area contributed by atoms with Crippen molar-refractivity contribution in [1.82, 2.24) is 35.8 Å². The van der Waals surface area contributed by atoms with E-state index >= 15 is 0 Å². The van der Waals surface area contributed by atoms with Crippen LogP contribution in [-0.2, 0) is 17.9 Å². The number of nitrogens with one attached hydrogen (secondary N) is 2. The number of nitrogens with zero attached hydrogens (tertiary/aromatic N) is 5. The normalized spacial score (nSPS) is 17.4. The molecule has 1 fully saturated rings. The molecule has 11 nitrogen and oxygen atoms in total. The fraction of sp³-hybridized carbons (Fsp3) is 0.440. The van der Waals surface area contributed by atoms with E-state index in [2.05, 4.69) is 31.0 Å². The Morgan fingerprint density at radius 2 is 2.08 bits per heavy atom. The zero-order chi connectivity index (χ0) is 25.5. The molecule has 2 atom stereocenters. The van der Waals surface area contributed by atoms with Gasteiger partial charge in [-0.3, -0.25) is 9.59 Å². The van der Waals surface area contributed by atoms with Crippen molar-refractivity contribution >= 4 is 11.8 Å². The largest absolute Gasteiger partial charge is 0.497 e.